The first-order valence-corrected chi connectivity index (χ1v) is 20.1. The average molecular weight is 799 g/mol. The van der Waals surface area contributed by atoms with Gasteiger partial charge in [-0.2, -0.15) is 35.9 Å². The van der Waals surface area contributed by atoms with Crippen molar-refractivity contribution >= 4 is 13.2 Å². The van der Waals surface area contributed by atoms with Crippen molar-refractivity contribution in [3.63, 3.8) is 0 Å². The molecule has 2 aliphatic rings. The van der Waals surface area contributed by atoms with Crippen molar-refractivity contribution in [1.82, 2.24) is 0 Å². The summed E-state index contributed by atoms with van der Waals surface area (Å²) in [6.45, 7) is 14.8. The van der Waals surface area contributed by atoms with E-state index in [1.165, 1.54) is 103 Å². The summed E-state index contributed by atoms with van der Waals surface area (Å²) in [5.41, 5.74) is 15.3. The number of hydrogen-bond acceptors (Lipinski definition) is 3. The van der Waals surface area contributed by atoms with Crippen LogP contribution in [0.2, 0.25) is 0 Å². The van der Waals surface area contributed by atoms with Crippen molar-refractivity contribution in [3.05, 3.63) is 76.9 Å². The Bertz CT molecular complexity index is 1340. The van der Waals surface area contributed by atoms with Gasteiger partial charge in [-0.05, 0) is 102 Å². The zero-order valence-electron chi connectivity index (χ0n) is 31.5. The second-order valence-corrected chi connectivity index (χ2v) is 17.4. The summed E-state index contributed by atoms with van der Waals surface area (Å²) >= 11 is 0. The Labute approximate surface area is 321 Å². The molecule has 0 atom stereocenters. The summed E-state index contributed by atoms with van der Waals surface area (Å²) in [7, 11) is 3.38. The topological polar surface area (TPSA) is 44.5 Å². The van der Waals surface area contributed by atoms with Gasteiger partial charge >= 0.3 is 20.4 Å². The third-order valence-electron chi connectivity index (χ3n) is 10.3. The van der Waals surface area contributed by atoms with E-state index < -0.39 is 0 Å². The summed E-state index contributed by atoms with van der Waals surface area (Å²) in [5.74, 6) is 3.50. The minimum Gasteiger partial charge on any atom is -1.00 e. The Morgan fingerprint density at radius 1 is 0.714 bits per heavy atom. The Morgan fingerprint density at radius 3 is 1.63 bits per heavy atom. The predicted molar refractivity (Wildman–Crippen MR) is 206 cm³/mol. The molecule has 0 aromatic heterocycles. The van der Waals surface area contributed by atoms with Crippen LogP contribution in [-0.2, 0) is 26.8 Å². The number of rotatable bonds is 11. The number of hydrogen-bond donors (Lipinski definition) is 1. The van der Waals surface area contributed by atoms with Crippen LogP contribution in [0.5, 0.6) is 11.5 Å². The standard InChI is InChI=1S/C35H53O2P.C8H10N.ClH.Pd/c1-23(2)26-21-29(24(3)4)33(30(22-26)25(5)6)34-31(36-7)19-20-32(37-8)35(34)38(27-15-11-9-12-16-27)28-17-13-10-14-18-28;9-7-6-8-4-2-1-3-5-8;;/h19-25,27-28H,9-18H2,1-8H3;1-4H,6-7,9H2;1H;/q;-1;;+2/p-1. The molecule has 6 heteroatoms. The van der Waals surface area contributed by atoms with Crippen molar-refractivity contribution in [3.8, 4) is 22.6 Å². The van der Waals surface area contributed by atoms with Gasteiger partial charge in [-0.1, -0.05) is 100 Å². The largest absolute Gasteiger partial charge is 2.00 e. The minimum atomic E-state index is -0.373. The molecule has 0 radical (unpaired) electrons. The second-order valence-electron chi connectivity index (χ2n) is 14.6. The van der Waals surface area contributed by atoms with Crippen molar-refractivity contribution in [2.75, 3.05) is 20.8 Å². The molecular weight excluding hydrogens is 735 g/mol. The van der Waals surface area contributed by atoms with Crippen LogP contribution in [-0.4, -0.2) is 32.1 Å². The fourth-order valence-corrected chi connectivity index (χ4v) is 11.8. The third kappa shape index (κ3) is 11.3. The number of methoxy groups -OCH3 is 2. The van der Waals surface area contributed by atoms with E-state index in [1.807, 2.05) is 38.5 Å². The van der Waals surface area contributed by atoms with Gasteiger partial charge < -0.3 is 27.6 Å². The normalized spacial score (nSPS) is 15.4. The van der Waals surface area contributed by atoms with Crippen LogP contribution < -0.4 is 32.9 Å². The molecule has 0 aliphatic heterocycles. The maximum Gasteiger partial charge on any atom is 2.00 e. The monoisotopic (exact) mass is 797 g/mol. The summed E-state index contributed by atoms with van der Waals surface area (Å²) < 4.78 is 12.6. The van der Waals surface area contributed by atoms with Gasteiger partial charge in [-0.15, -0.1) is 0 Å². The maximum atomic E-state index is 6.29. The van der Waals surface area contributed by atoms with Gasteiger partial charge in [-0.25, -0.2) is 0 Å². The Kier molecular flexibility index (Phi) is 19.5. The molecular formula is C43H63ClNO2PPd. The molecule has 2 fully saturated rings. The average Bonchev–Trinajstić information content (AvgIpc) is 3.09. The first-order chi connectivity index (χ1) is 22.7. The van der Waals surface area contributed by atoms with E-state index in [0.717, 1.165) is 29.2 Å². The molecule has 274 valence electrons. The number of halogens is 1. The van der Waals surface area contributed by atoms with E-state index in [4.69, 9.17) is 15.2 Å². The Balaban J connectivity index is 0.000000659. The van der Waals surface area contributed by atoms with E-state index in [0.29, 0.717) is 24.3 Å². The molecule has 0 saturated heterocycles. The van der Waals surface area contributed by atoms with E-state index in [2.05, 4.69) is 71.9 Å². The van der Waals surface area contributed by atoms with E-state index >= 15 is 0 Å². The fourth-order valence-electron chi connectivity index (χ4n) is 7.75. The minimum absolute atomic E-state index is 0. The van der Waals surface area contributed by atoms with Crippen LogP contribution in [0.25, 0.3) is 11.1 Å². The van der Waals surface area contributed by atoms with Crippen LogP contribution >= 0.6 is 7.92 Å². The summed E-state index contributed by atoms with van der Waals surface area (Å²) in [5, 5.41) is 1.52. The molecule has 49 heavy (non-hydrogen) atoms. The molecule has 5 rings (SSSR count). The van der Waals surface area contributed by atoms with Gasteiger partial charge in [0.2, 0.25) is 0 Å². The van der Waals surface area contributed by atoms with Crippen LogP contribution in [0.4, 0.5) is 0 Å². The summed E-state index contributed by atoms with van der Waals surface area (Å²) in [6.07, 6.45) is 14.8. The summed E-state index contributed by atoms with van der Waals surface area (Å²) in [4.78, 5) is 0. The second kappa shape index (κ2) is 21.8. The van der Waals surface area contributed by atoms with Crippen molar-refractivity contribution in [2.24, 2.45) is 5.73 Å². The zero-order valence-corrected chi connectivity index (χ0v) is 34.7. The number of ether oxygens (including phenoxy) is 2. The number of nitrogens with two attached hydrogens (primary N) is 1. The molecule has 0 unspecified atom stereocenters. The van der Waals surface area contributed by atoms with Crippen LogP contribution in [0.15, 0.2) is 48.5 Å². The smallest absolute Gasteiger partial charge is 1.00 e. The summed E-state index contributed by atoms with van der Waals surface area (Å²) in [6, 6.07) is 20.4. The SMILES string of the molecule is COc1ccc(OC)c(P(C2CCCCC2)C2CCCCC2)c1-c1c(C(C)C)cc(C(C)C)cc1C(C)C.NCCc1[c-]cccc1.[Cl-].[Pd+2]. The van der Waals surface area contributed by atoms with Crippen molar-refractivity contribution < 1.29 is 42.3 Å². The van der Waals surface area contributed by atoms with Crippen LogP contribution in [0, 0.1) is 6.07 Å². The first-order valence-electron chi connectivity index (χ1n) is 18.6. The molecule has 0 heterocycles. The maximum absolute atomic E-state index is 6.29. The van der Waals surface area contributed by atoms with Gasteiger partial charge in [0, 0.05) is 10.9 Å². The van der Waals surface area contributed by atoms with E-state index in [9.17, 15) is 0 Å². The molecule has 0 spiro atoms. The quantitative estimate of drug-likeness (QED) is 0.120. The molecule has 2 aliphatic carbocycles. The van der Waals surface area contributed by atoms with Crippen molar-refractivity contribution in [1.29, 1.82) is 0 Å². The van der Waals surface area contributed by atoms with Crippen LogP contribution in [0.3, 0.4) is 0 Å². The van der Waals surface area contributed by atoms with Crippen molar-refractivity contribution in [2.45, 2.75) is 141 Å². The molecule has 3 nitrogen and oxygen atoms in total. The van der Waals surface area contributed by atoms with Crippen LogP contribution in [0.1, 0.15) is 146 Å². The molecule has 2 saturated carbocycles. The fraction of sp³-hybridized carbons (Fsp3) is 0.581. The Hall–Kier alpha value is -1.40. The molecule has 0 amide bonds. The predicted octanol–water partition coefficient (Wildman–Crippen LogP) is 8.50. The molecule has 3 aromatic rings. The zero-order chi connectivity index (χ0) is 33.9. The molecule has 0 bridgehead atoms. The van der Waals surface area contributed by atoms with Gasteiger partial charge in [0.25, 0.3) is 0 Å². The molecule has 2 N–H and O–H groups in total. The van der Waals surface area contributed by atoms with E-state index in [1.54, 1.807) is 0 Å². The first kappa shape index (κ1) is 43.8. The van der Waals surface area contributed by atoms with Gasteiger partial charge in [0.05, 0.1) is 14.2 Å². The van der Waals surface area contributed by atoms with Gasteiger partial charge in [-0.3, -0.25) is 0 Å². The van der Waals surface area contributed by atoms with E-state index in [-0.39, 0.29) is 40.8 Å². The Morgan fingerprint density at radius 2 is 1.22 bits per heavy atom. The van der Waals surface area contributed by atoms with Gasteiger partial charge in [0.15, 0.2) is 0 Å². The van der Waals surface area contributed by atoms with Gasteiger partial charge in [0.1, 0.15) is 11.5 Å². The third-order valence-corrected chi connectivity index (χ3v) is 13.9. The number of benzene rings is 3. The molecule has 3 aromatic carbocycles.